The molecule has 0 aliphatic rings. The Kier molecular flexibility index (Phi) is 6.85. The standard InChI is InChI=1S/C17H27NO3/c1-5-17(2,3)14-8-6-13(7-9-14)16(20)18-11-10-15(19)12-21-4/h6-9,15,19H,5,10-12H2,1-4H3,(H,18,20). The van der Waals surface area contributed by atoms with E-state index >= 15 is 0 Å². The minimum atomic E-state index is -0.539. The maximum Gasteiger partial charge on any atom is 0.251 e. The molecule has 4 nitrogen and oxygen atoms in total. The molecule has 0 radical (unpaired) electrons. The average molecular weight is 293 g/mol. The van der Waals surface area contributed by atoms with Gasteiger partial charge >= 0.3 is 0 Å². The maximum absolute atomic E-state index is 12.0. The average Bonchev–Trinajstić information content (AvgIpc) is 2.47. The summed E-state index contributed by atoms with van der Waals surface area (Å²) in [6.07, 6.45) is 0.999. The first-order valence-electron chi connectivity index (χ1n) is 7.46. The van der Waals surface area contributed by atoms with E-state index in [9.17, 15) is 9.90 Å². The quantitative estimate of drug-likeness (QED) is 0.774. The fourth-order valence-corrected chi connectivity index (χ4v) is 2.01. The number of ether oxygens (including phenoxy) is 1. The molecule has 0 aliphatic carbocycles. The van der Waals surface area contributed by atoms with Crippen molar-refractivity contribution in [3.05, 3.63) is 35.4 Å². The highest BCUT2D eigenvalue weighted by molar-refractivity contribution is 5.94. The topological polar surface area (TPSA) is 58.6 Å². The van der Waals surface area contributed by atoms with E-state index in [0.29, 0.717) is 18.5 Å². The second-order valence-electron chi connectivity index (χ2n) is 5.97. The van der Waals surface area contributed by atoms with E-state index in [1.807, 2.05) is 24.3 Å². The van der Waals surface area contributed by atoms with Crippen LogP contribution in [0, 0.1) is 0 Å². The normalized spacial score (nSPS) is 13.0. The van der Waals surface area contributed by atoms with Crippen molar-refractivity contribution in [1.82, 2.24) is 5.32 Å². The zero-order valence-corrected chi connectivity index (χ0v) is 13.5. The zero-order valence-electron chi connectivity index (χ0n) is 13.5. The first-order valence-corrected chi connectivity index (χ1v) is 7.46. The highest BCUT2D eigenvalue weighted by atomic mass is 16.5. The number of amides is 1. The molecule has 1 aromatic rings. The zero-order chi connectivity index (χ0) is 15.9. The predicted molar refractivity (Wildman–Crippen MR) is 84.6 cm³/mol. The molecule has 1 rings (SSSR count). The lowest BCUT2D eigenvalue weighted by atomic mass is 9.82. The van der Waals surface area contributed by atoms with E-state index in [0.717, 1.165) is 6.42 Å². The number of aliphatic hydroxyl groups excluding tert-OH is 1. The summed E-state index contributed by atoms with van der Waals surface area (Å²) in [5.74, 6) is -0.111. The van der Waals surface area contributed by atoms with Crippen LogP contribution in [0.1, 0.15) is 49.5 Å². The molecule has 1 unspecified atom stereocenters. The Hall–Kier alpha value is -1.39. The van der Waals surface area contributed by atoms with Crippen LogP contribution in [0.2, 0.25) is 0 Å². The number of rotatable bonds is 8. The summed E-state index contributed by atoms with van der Waals surface area (Å²) in [6.45, 7) is 7.27. The fourth-order valence-electron chi connectivity index (χ4n) is 2.01. The van der Waals surface area contributed by atoms with E-state index in [-0.39, 0.29) is 17.9 Å². The Morgan fingerprint density at radius 3 is 2.48 bits per heavy atom. The highest BCUT2D eigenvalue weighted by Crippen LogP contribution is 2.26. The number of carbonyl (C=O) groups is 1. The Morgan fingerprint density at radius 1 is 1.33 bits per heavy atom. The molecule has 2 N–H and O–H groups in total. The Labute approximate surface area is 127 Å². The van der Waals surface area contributed by atoms with Gasteiger partial charge in [-0.25, -0.2) is 0 Å². The summed E-state index contributed by atoms with van der Waals surface area (Å²) in [6, 6.07) is 7.73. The number of carbonyl (C=O) groups excluding carboxylic acids is 1. The molecule has 1 atom stereocenters. The van der Waals surface area contributed by atoms with Gasteiger partial charge in [0.2, 0.25) is 0 Å². The van der Waals surface area contributed by atoms with Crippen LogP contribution in [0.5, 0.6) is 0 Å². The van der Waals surface area contributed by atoms with Gasteiger partial charge in [0, 0.05) is 19.2 Å². The van der Waals surface area contributed by atoms with Gasteiger partial charge < -0.3 is 15.2 Å². The number of hydrogen-bond acceptors (Lipinski definition) is 3. The van der Waals surface area contributed by atoms with E-state index in [1.54, 1.807) is 7.11 Å². The predicted octanol–water partition coefficient (Wildman–Crippen LogP) is 2.50. The minimum Gasteiger partial charge on any atom is -0.391 e. The summed E-state index contributed by atoms with van der Waals surface area (Å²) in [7, 11) is 1.54. The van der Waals surface area contributed by atoms with Gasteiger partial charge in [0.25, 0.3) is 5.91 Å². The van der Waals surface area contributed by atoms with Crippen molar-refractivity contribution in [3.8, 4) is 0 Å². The number of methoxy groups -OCH3 is 1. The fraction of sp³-hybridized carbons (Fsp3) is 0.588. The molecule has 0 spiro atoms. The molecular weight excluding hydrogens is 266 g/mol. The summed E-state index contributed by atoms with van der Waals surface area (Å²) >= 11 is 0. The third-order valence-electron chi connectivity index (χ3n) is 3.93. The lowest BCUT2D eigenvalue weighted by molar-refractivity contribution is 0.0587. The van der Waals surface area contributed by atoms with Gasteiger partial charge in [-0.3, -0.25) is 4.79 Å². The van der Waals surface area contributed by atoms with E-state index in [1.165, 1.54) is 5.56 Å². The van der Waals surface area contributed by atoms with Crippen molar-refractivity contribution in [3.63, 3.8) is 0 Å². The minimum absolute atomic E-state index is 0.111. The van der Waals surface area contributed by atoms with Crippen LogP contribution in [0.3, 0.4) is 0 Å². The summed E-state index contributed by atoms with van der Waals surface area (Å²) < 4.78 is 4.84. The lowest BCUT2D eigenvalue weighted by Crippen LogP contribution is -2.28. The summed E-state index contributed by atoms with van der Waals surface area (Å²) in [4.78, 5) is 12.0. The largest absolute Gasteiger partial charge is 0.391 e. The molecule has 0 saturated heterocycles. The molecule has 4 heteroatoms. The number of aliphatic hydroxyl groups is 1. The Bertz CT molecular complexity index is 440. The summed E-state index contributed by atoms with van der Waals surface area (Å²) in [5, 5.41) is 12.3. The molecule has 0 aromatic heterocycles. The van der Waals surface area contributed by atoms with Crippen molar-refractivity contribution >= 4 is 5.91 Å². The van der Waals surface area contributed by atoms with E-state index in [4.69, 9.17) is 4.74 Å². The van der Waals surface area contributed by atoms with Crippen LogP contribution in [-0.4, -0.2) is 37.4 Å². The van der Waals surface area contributed by atoms with Gasteiger partial charge in [0.05, 0.1) is 12.7 Å². The molecule has 0 heterocycles. The summed E-state index contributed by atoms with van der Waals surface area (Å²) in [5.41, 5.74) is 2.00. The SMILES string of the molecule is CCC(C)(C)c1ccc(C(=O)NCCC(O)COC)cc1. The molecule has 1 amide bonds. The van der Waals surface area contributed by atoms with Crippen molar-refractivity contribution in [2.75, 3.05) is 20.3 Å². The van der Waals surface area contributed by atoms with Crippen molar-refractivity contribution in [2.45, 2.75) is 45.1 Å². The molecule has 0 bridgehead atoms. The van der Waals surface area contributed by atoms with Gasteiger partial charge in [-0.1, -0.05) is 32.9 Å². The molecule has 21 heavy (non-hydrogen) atoms. The van der Waals surface area contributed by atoms with Gasteiger partial charge in [-0.05, 0) is 36.0 Å². The van der Waals surface area contributed by atoms with Crippen LogP contribution in [0.25, 0.3) is 0 Å². The Morgan fingerprint density at radius 2 is 1.95 bits per heavy atom. The molecule has 0 fully saturated rings. The highest BCUT2D eigenvalue weighted by Gasteiger charge is 2.18. The molecule has 0 aliphatic heterocycles. The molecule has 0 saturated carbocycles. The molecule has 1 aromatic carbocycles. The van der Waals surface area contributed by atoms with Crippen LogP contribution >= 0.6 is 0 Å². The maximum atomic E-state index is 12.0. The molecule has 118 valence electrons. The van der Waals surface area contributed by atoms with Crippen LogP contribution in [0.15, 0.2) is 24.3 Å². The lowest BCUT2D eigenvalue weighted by Gasteiger charge is -2.23. The first-order chi connectivity index (χ1) is 9.90. The third kappa shape index (κ3) is 5.48. The van der Waals surface area contributed by atoms with Crippen LogP contribution < -0.4 is 5.32 Å². The van der Waals surface area contributed by atoms with Gasteiger partial charge in [0.1, 0.15) is 0 Å². The number of benzene rings is 1. The molecular formula is C17H27NO3. The van der Waals surface area contributed by atoms with Crippen LogP contribution in [-0.2, 0) is 10.2 Å². The first kappa shape index (κ1) is 17.7. The van der Waals surface area contributed by atoms with Crippen molar-refractivity contribution in [2.24, 2.45) is 0 Å². The van der Waals surface area contributed by atoms with Gasteiger partial charge in [-0.2, -0.15) is 0 Å². The second kappa shape index (κ2) is 8.15. The smallest absolute Gasteiger partial charge is 0.251 e. The van der Waals surface area contributed by atoms with Gasteiger partial charge in [-0.15, -0.1) is 0 Å². The Balaban J connectivity index is 2.52. The van der Waals surface area contributed by atoms with Gasteiger partial charge in [0.15, 0.2) is 0 Å². The van der Waals surface area contributed by atoms with Crippen molar-refractivity contribution in [1.29, 1.82) is 0 Å². The van der Waals surface area contributed by atoms with Crippen LogP contribution in [0.4, 0.5) is 0 Å². The van der Waals surface area contributed by atoms with E-state index in [2.05, 4.69) is 26.1 Å². The number of nitrogens with one attached hydrogen (secondary N) is 1. The third-order valence-corrected chi connectivity index (χ3v) is 3.93. The monoisotopic (exact) mass is 293 g/mol. The van der Waals surface area contributed by atoms with Crippen molar-refractivity contribution < 1.29 is 14.6 Å². The number of hydrogen-bond donors (Lipinski definition) is 2. The van der Waals surface area contributed by atoms with E-state index < -0.39 is 6.10 Å². The second-order valence-corrected chi connectivity index (χ2v) is 5.97.